The van der Waals surface area contributed by atoms with Crippen LogP contribution in [-0.2, 0) is 10.8 Å². The van der Waals surface area contributed by atoms with E-state index in [4.69, 9.17) is 0 Å². The second-order valence-electron chi connectivity index (χ2n) is 14.5. The topological polar surface area (TPSA) is 3.24 Å². The zero-order chi connectivity index (χ0) is 34.2. The molecule has 0 heterocycles. The Labute approximate surface area is 300 Å². The van der Waals surface area contributed by atoms with Crippen LogP contribution in [-0.4, -0.2) is 0 Å². The first-order chi connectivity index (χ1) is 25.1. The lowest BCUT2D eigenvalue weighted by atomic mass is 9.67. The van der Waals surface area contributed by atoms with Gasteiger partial charge >= 0.3 is 0 Å². The highest BCUT2D eigenvalue weighted by Gasteiger charge is 2.46. The first-order valence-electron chi connectivity index (χ1n) is 17.9. The Kier molecular flexibility index (Phi) is 6.51. The van der Waals surface area contributed by atoms with Crippen molar-refractivity contribution in [1.29, 1.82) is 0 Å². The molecule has 8 aromatic carbocycles. The largest absolute Gasteiger partial charge is 0.310 e. The van der Waals surface area contributed by atoms with E-state index < -0.39 is 5.41 Å². The average molecular weight is 652 g/mol. The van der Waals surface area contributed by atoms with Gasteiger partial charge in [0.1, 0.15) is 0 Å². The zero-order valence-electron chi connectivity index (χ0n) is 28.8. The van der Waals surface area contributed by atoms with Gasteiger partial charge in [-0.1, -0.05) is 166 Å². The third-order valence-corrected chi connectivity index (χ3v) is 11.5. The van der Waals surface area contributed by atoms with Gasteiger partial charge in [0.2, 0.25) is 0 Å². The molecule has 51 heavy (non-hydrogen) atoms. The quantitative estimate of drug-likeness (QED) is 0.179. The minimum Gasteiger partial charge on any atom is -0.310 e. The number of anilines is 3. The normalized spacial score (nSPS) is 14.4. The summed E-state index contributed by atoms with van der Waals surface area (Å²) < 4.78 is 0. The molecule has 0 bridgehead atoms. The summed E-state index contributed by atoms with van der Waals surface area (Å²) >= 11 is 0. The predicted molar refractivity (Wildman–Crippen MR) is 213 cm³/mol. The monoisotopic (exact) mass is 651 g/mol. The predicted octanol–water partition coefficient (Wildman–Crippen LogP) is 13.0. The van der Waals surface area contributed by atoms with Gasteiger partial charge in [-0.05, 0) is 103 Å². The van der Waals surface area contributed by atoms with Crippen molar-refractivity contribution < 1.29 is 0 Å². The maximum atomic E-state index is 2.45. The Balaban J connectivity index is 1.20. The van der Waals surface area contributed by atoms with Crippen LogP contribution >= 0.6 is 0 Å². The molecular formula is C50H37N. The smallest absolute Gasteiger partial charge is 0.0714 e. The van der Waals surface area contributed by atoms with Gasteiger partial charge in [-0.3, -0.25) is 0 Å². The Bertz CT molecular complexity index is 2560. The van der Waals surface area contributed by atoms with Crippen LogP contribution < -0.4 is 4.90 Å². The van der Waals surface area contributed by atoms with Crippen molar-refractivity contribution in [3.8, 4) is 22.3 Å². The summed E-state index contributed by atoms with van der Waals surface area (Å²) in [7, 11) is 0. The van der Waals surface area contributed by atoms with Crippen molar-refractivity contribution in [2.24, 2.45) is 0 Å². The van der Waals surface area contributed by atoms with Gasteiger partial charge in [0.15, 0.2) is 0 Å². The minimum absolute atomic E-state index is 0.0702. The van der Waals surface area contributed by atoms with Gasteiger partial charge in [-0.2, -0.15) is 0 Å². The Morgan fingerprint density at radius 3 is 1.57 bits per heavy atom. The molecule has 0 atom stereocenters. The van der Waals surface area contributed by atoms with Crippen LogP contribution in [0.25, 0.3) is 33.0 Å². The fraction of sp³-hybridized carbons (Fsp3) is 0.0800. The minimum atomic E-state index is -0.461. The second-order valence-corrected chi connectivity index (χ2v) is 14.5. The summed E-state index contributed by atoms with van der Waals surface area (Å²) in [6, 6.07) is 69.6. The van der Waals surface area contributed by atoms with Gasteiger partial charge < -0.3 is 4.90 Å². The summed E-state index contributed by atoms with van der Waals surface area (Å²) in [4.78, 5) is 2.43. The molecule has 10 rings (SSSR count). The highest BCUT2D eigenvalue weighted by atomic mass is 15.1. The third-order valence-electron chi connectivity index (χ3n) is 11.5. The highest BCUT2D eigenvalue weighted by Crippen LogP contribution is 2.57. The summed E-state index contributed by atoms with van der Waals surface area (Å²) in [5.74, 6) is 0. The number of nitrogens with zero attached hydrogens (tertiary/aromatic N) is 1. The summed E-state index contributed by atoms with van der Waals surface area (Å²) in [6.45, 7) is 4.74. The molecule has 0 N–H and O–H groups in total. The van der Waals surface area contributed by atoms with Crippen molar-refractivity contribution in [1.82, 2.24) is 0 Å². The van der Waals surface area contributed by atoms with E-state index in [1.807, 2.05) is 0 Å². The lowest BCUT2D eigenvalue weighted by Crippen LogP contribution is -2.28. The average Bonchev–Trinajstić information content (AvgIpc) is 3.62. The van der Waals surface area contributed by atoms with Crippen LogP contribution in [0.1, 0.15) is 47.2 Å². The van der Waals surface area contributed by atoms with Gasteiger partial charge in [0.05, 0.1) is 5.41 Å². The lowest BCUT2D eigenvalue weighted by Gasteiger charge is -2.35. The summed E-state index contributed by atoms with van der Waals surface area (Å²) in [6.07, 6.45) is 0. The molecule has 0 aliphatic heterocycles. The third kappa shape index (κ3) is 4.22. The fourth-order valence-electron chi connectivity index (χ4n) is 9.35. The molecule has 1 heteroatoms. The molecule has 0 spiro atoms. The standard InChI is InChI=1S/C50H37N/c1-49(2)45-24-14-12-23-42(45)44-29-26-34-32-38(27-30-40(34)48(44)49)51(37-20-10-5-11-21-37)39-28-31-43-41-22-13-15-25-46(41)50(47(43)33-39,35-16-6-3-7-17-35)36-18-8-4-9-19-36/h3-33H,1-2H3. The Morgan fingerprint density at radius 2 is 0.882 bits per heavy atom. The van der Waals surface area contributed by atoms with Crippen LogP contribution in [0.2, 0.25) is 0 Å². The van der Waals surface area contributed by atoms with E-state index in [1.54, 1.807) is 0 Å². The molecule has 0 saturated heterocycles. The maximum Gasteiger partial charge on any atom is 0.0714 e. The van der Waals surface area contributed by atoms with Gasteiger partial charge in [-0.25, -0.2) is 0 Å². The summed E-state index contributed by atoms with van der Waals surface area (Å²) in [5.41, 5.74) is 16.2. The molecule has 242 valence electrons. The van der Waals surface area contributed by atoms with Gasteiger partial charge in [0, 0.05) is 22.5 Å². The van der Waals surface area contributed by atoms with Crippen molar-refractivity contribution >= 4 is 27.8 Å². The number of benzene rings is 8. The van der Waals surface area contributed by atoms with Crippen LogP contribution in [0, 0.1) is 0 Å². The molecule has 0 saturated carbocycles. The first kappa shape index (κ1) is 29.7. The summed E-state index contributed by atoms with van der Waals surface area (Å²) in [5, 5.41) is 2.58. The molecule has 8 aromatic rings. The van der Waals surface area contributed by atoms with Gasteiger partial charge in [-0.15, -0.1) is 0 Å². The van der Waals surface area contributed by atoms with E-state index in [0.717, 1.165) is 17.1 Å². The number of hydrogen-bond acceptors (Lipinski definition) is 1. The van der Waals surface area contributed by atoms with Gasteiger partial charge in [0.25, 0.3) is 0 Å². The van der Waals surface area contributed by atoms with E-state index in [2.05, 4.69) is 207 Å². The van der Waals surface area contributed by atoms with E-state index in [1.165, 1.54) is 66.4 Å². The zero-order valence-corrected chi connectivity index (χ0v) is 28.8. The first-order valence-corrected chi connectivity index (χ1v) is 17.9. The molecule has 0 unspecified atom stereocenters. The SMILES string of the molecule is CC1(C)c2ccccc2-c2ccc3cc(N(c4ccccc4)c4ccc5c(c4)C(c4ccccc4)(c4ccccc4)c4ccccc4-5)ccc3c21. The number of fused-ring (bicyclic) bond motifs is 8. The number of para-hydroxylation sites is 1. The van der Waals surface area contributed by atoms with E-state index in [-0.39, 0.29) is 5.41 Å². The number of rotatable bonds is 5. The van der Waals surface area contributed by atoms with Crippen LogP contribution in [0.4, 0.5) is 17.1 Å². The van der Waals surface area contributed by atoms with Crippen LogP contribution in [0.5, 0.6) is 0 Å². The van der Waals surface area contributed by atoms with E-state index in [0.29, 0.717) is 0 Å². The second kappa shape index (κ2) is 11.2. The fourth-order valence-corrected chi connectivity index (χ4v) is 9.35. The molecule has 0 aromatic heterocycles. The molecule has 0 fully saturated rings. The lowest BCUT2D eigenvalue weighted by molar-refractivity contribution is 0.666. The molecule has 0 radical (unpaired) electrons. The Hall–Kier alpha value is -6.18. The molecule has 2 aliphatic carbocycles. The molecule has 0 amide bonds. The van der Waals surface area contributed by atoms with Crippen molar-refractivity contribution in [2.45, 2.75) is 24.7 Å². The van der Waals surface area contributed by atoms with Crippen LogP contribution in [0.3, 0.4) is 0 Å². The van der Waals surface area contributed by atoms with Crippen LogP contribution in [0.15, 0.2) is 188 Å². The molecular weight excluding hydrogens is 615 g/mol. The van der Waals surface area contributed by atoms with E-state index >= 15 is 0 Å². The Morgan fingerprint density at radius 1 is 0.373 bits per heavy atom. The van der Waals surface area contributed by atoms with E-state index in [9.17, 15) is 0 Å². The number of hydrogen-bond donors (Lipinski definition) is 0. The molecule has 2 aliphatic rings. The maximum absolute atomic E-state index is 2.45. The van der Waals surface area contributed by atoms with Crippen molar-refractivity contribution in [3.63, 3.8) is 0 Å². The highest BCUT2D eigenvalue weighted by molar-refractivity contribution is 6.00. The van der Waals surface area contributed by atoms with Crippen molar-refractivity contribution in [3.05, 3.63) is 221 Å². The van der Waals surface area contributed by atoms with Crippen molar-refractivity contribution in [2.75, 3.05) is 4.90 Å². The molecule has 1 nitrogen and oxygen atoms in total.